The van der Waals surface area contributed by atoms with Crippen LogP contribution in [0.1, 0.15) is 187 Å². The van der Waals surface area contributed by atoms with Crippen molar-refractivity contribution in [3.8, 4) is 0 Å². The van der Waals surface area contributed by atoms with E-state index in [4.69, 9.17) is 23.6 Å². The molecule has 8 N–H and O–H groups in total. The molecule has 1 saturated carbocycles. The lowest BCUT2D eigenvalue weighted by molar-refractivity contribution is -0.216. The van der Waals surface area contributed by atoms with E-state index < -0.39 is 83.5 Å². The Balaban J connectivity index is 2.58. The van der Waals surface area contributed by atoms with Gasteiger partial charge >= 0.3 is 27.6 Å². The van der Waals surface area contributed by atoms with Crippen molar-refractivity contribution in [2.75, 3.05) is 19.8 Å². The van der Waals surface area contributed by atoms with Crippen LogP contribution in [0.5, 0.6) is 0 Å². The van der Waals surface area contributed by atoms with Crippen LogP contribution in [0.2, 0.25) is 0 Å². The van der Waals surface area contributed by atoms with E-state index in [2.05, 4.69) is 47.9 Å². The van der Waals surface area contributed by atoms with Crippen LogP contribution < -0.4 is 0 Å². The zero-order valence-corrected chi connectivity index (χ0v) is 42.5. The standard InChI is InChI=1S/C49H88O17P2/c1-2-3-4-5-6-7-8-9-10-12-16-19-22-25-28-31-34-37-43(52)64-41(40-63-68(60,61)66-49-46(55)44(53)45(54)48(47(49)56)65-67(57,58)59)39-62-42(51)36-33-30-27-24-21-18-15-13-11-14-17-20-23-26-29-32-35-38-50/h11,14-15,18,20,23-24,27,41,44-50,53-56H,2-10,12-13,16-17,19,21-22,25-26,28-40H2,1H3,(H,60,61)(H2,57,58,59)/b14-11-,18-15-,23-20-,27-24-/t41-,44?,45?,46?,47?,48-,49+/m1/s1. The van der Waals surface area contributed by atoms with Crippen LogP contribution in [0.15, 0.2) is 48.6 Å². The largest absolute Gasteiger partial charge is 0.472 e. The zero-order chi connectivity index (χ0) is 50.3. The summed E-state index contributed by atoms with van der Waals surface area (Å²) in [7, 11) is -10.7. The summed E-state index contributed by atoms with van der Waals surface area (Å²) in [6.45, 7) is 1.09. The number of rotatable bonds is 43. The number of hydrogen-bond acceptors (Lipinski definition) is 14. The second-order valence-electron chi connectivity index (χ2n) is 17.6. The molecule has 1 aliphatic carbocycles. The molecule has 1 aliphatic rings. The summed E-state index contributed by atoms with van der Waals surface area (Å²) in [6, 6.07) is 0. The summed E-state index contributed by atoms with van der Waals surface area (Å²) >= 11 is 0. The number of unbranched alkanes of at least 4 members (excludes halogenated alkanes) is 20. The normalized spacial score (nSPS) is 21.6. The monoisotopic (exact) mass is 1010 g/mol. The van der Waals surface area contributed by atoms with E-state index in [0.717, 1.165) is 70.6 Å². The quantitative estimate of drug-likeness (QED) is 0.0122. The van der Waals surface area contributed by atoms with Gasteiger partial charge in [0.15, 0.2) is 6.10 Å². The van der Waals surface area contributed by atoms with E-state index in [1.54, 1.807) is 0 Å². The molecule has 0 heterocycles. The summed E-state index contributed by atoms with van der Waals surface area (Å²) in [5.74, 6) is -1.28. The molecule has 0 amide bonds. The van der Waals surface area contributed by atoms with Crippen molar-refractivity contribution in [1.29, 1.82) is 0 Å². The lowest BCUT2D eigenvalue weighted by Crippen LogP contribution is -2.64. The minimum absolute atomic E-state index is 0.0293. The third-order valence-corrected chi connectivity index (χ3v) is 13.0. The number of hydrogen-bond donors (Lipinski definition) is 8. The Morgan fingerprint density at radius 2 is 0.926 bits per heavy atom. The molecular weight excluding hydrogens is 922 g/mol. The second-order valence-corrected chi connectivity index (χ2v) is 20.2. The molecule has 0 aromatic heterocycles. The molecule has 19 heteroatoms. The fraction of sp³-hybridized carbons (Fsp3) is 0.796. The van der Waals surface area contributed by atoms with Gasteiger partial charge in [-0.15, -0.1) is 0 Å². The Bertz CT molecular complexity index is 1500. The van der Waals surface area contributed by atoms with Crippen LogP contribution in [0.25, 0.3) is 0 Å². The predicted molar refractivity (Wildman–Crippen MR) is 261 cm³/mol. The number of carbonyl (C=O) groups is 2. The molecule has 0 aromatic rings. The van der Waals surface area contributed by atoms with Gasteiger partial charge in [-0.2, -0.15) is 0 Å². The molecule has 1 fully saturated rings. The molecule has 5 unspecified atom stereocenters. The molecule has 396 valence electrons. The van der Waals surface area contributed by atoms with Crippen molar-refractivity contribution in [3.05, 3.63) is 48.6 Å². The van der Waals surface area contributed by atoms with Crippen LogP contribution in [0, 0.1) is 0 Å². The molecule has 0 aliphatic heterocycles. The molecule has 0 saturated heterocycles. The van der Waals surface area contributed by atoms with Gasteiger partial charge in [-0.3, -0.25) is 23.2 Å². The van der Waals surface area contributed by atoms with Gasteiger partial charge in [-0.25, -0.2) is 9.13 Å². The van der Waals surface area contributed by atoms with Gasteiger partial charge in [-0.1, -0.05) is 165 Å². The average Bonchev–Trinajstić information content (AvgIpc) is 3.29. The predicted octanol–water partition coefficient (Wildman–Crippen LogP) is 9.04. The number of phosphoric acid groups is 2. The lowest BCUT2D eigenvalue weighted by atomic mass is 9.85. The number of aliphatic hydroxyl groups is 5. The van der Waals surface area contributed by atoms with Crippen molar-refractivity contribution >= 4 is 27.6 Å². The third-order valence-electron chi connectivity index (χ3n) is 11.5. The average molecular weight is 1010 g/mol. The van der Waals surface area contributed by atoms with E-state index in [1.165, 1.54) is 77.0 Å². The van der Waals surface area contributed by atoms with Crippen molar-refractivity contribution < 1.29 is 82.0 Å². The second kappa shape index (κ2) is 40.5. The van der Waals surface area contributed by atoms with Gasteiger partial charge in [-0.05, 0) is 57.8 Å². The van der Waals surface area contributed by atoms with Crippen molar-refractivity contribution in [3.63, 3.8) is 0 Å². The van der Waals surface area contributed by atoms with Gasteiger partial charge in [0.2, 0.25) is 0 Å². The summed E-state index contributed by atoms with van der Waals surface area (Å²) < 4.78 is 49.4. The van der Waals surface area contributed by atoms with Crippen LogP contribution in [0.3, 0.4) is 0 Å². The summed E-state index contributed by atoms with van der Waals surface area (Å²) in [5, 5.41) is 50.1. The lowest BCUT2D eigenvalue weighted by Gasteiger charge is -2.43. The maximum atomic E-state index is 13.0. The van der Waals surface area contributed by atoms with E-state index in [1.807, 2.05) is 12.2 Å². The fourth-order valence-electron chi connectivity index (χ4n) is 7.53. The Kier molecular flexibility index (Phi) is 38.1. The van der Waals surface area contributed by atoms with Crippen LogP contribution in [0.4, 0.5) is 0 Å². The van der Waals surface area contributed by atoms with Crippen LogP contribution in [-0.4, -0.2) is 115 Å². The Morgan fingerprint density at radius 3 is 1.41 bits per heavy atom. The Labute approximate surface area is 406 Å². The summed E-state index contributed by atoms with van der Waals surface area (Å²) in [6.07, 6.45) is 29.3. The SMILES string of the molecule is CCCCCCCCCCCCCCCCCCCC(=O)O[C@H](COC(=O)CCC/C=C\C/C=C\C/C=C\C/C=C\CCCCCO)COP(=O)(O)O[C@H]1C(O)C(O)C(O)[C@@H](OP(=O)(O)O)C1O. The van der Waals surface area contributed by atoms with Crippen molar-refractivity contribution in [1.82, 2.24) is 0 Å². The highest BCUT2D eigenvalue weighted by Crippen LogP contribution is 2.49. The minimum Gasteiger partial charge on any atom is -0.462 e. The molecule has 0 aromatic carbocycles. The number of esters is 2. The minimum atomic E-state index is -5.37. The molecule has 8 atom stereocenters. The maximum Gasteiger partial charge on any atom is 0.472 e. The first kappa shape index (κ1) is 63.9. The highest BCUT2D eigenvalue weighted by atomic mass is 31.2. The molecule has 17 nitrogen and oxygen atoms in total. The number of ether oxygens (including phenoxy) is 2. The van der Waals surface area contributed by atoms with Gasteiger partial charge in [0, 0.05) is 19.4 Å². The molecule has 0 spiro atoms. The number of allylic oxidation sites excluding steroid dienone is 8. The first-order valence-corrected chi connectivity index (χ1v) is 28.3. The zero-order valence-electron chi connectivity index (χ0n) is 40.7. The smallest absolute Gasteiger partial charge is 0.462 e. The van der Waals surface area contributed by atoms with E-state index in [9.17, 15) is 53.8 Å². The Morgan fingerprint density at radius 1 is 0.500 bits per heavy atom. The Hall–Kier alpha value is -2.08. The molecule has 0 radical (unpaired) electrons. The third kappa shape index (κ3) is 34.3. The highest BCUT2D eigenvalue weighted by Gasteiger charge is 2.54. The summed E-state index contributed by atoms with van der Waals surface area (Å²) in [5.41, 5.74) is 0. The maximum absolute atomic E-state index is 13.0. The van der Waals surface area contributed by atoms with Gasteiger partial charge < -0.3 is 49.7 Å². The van der Waals surface area contributed by atoms with E-state index in [0.29, 0.717) is 19.3 Å². The van der Waals surface area contributed by atoms with Crippen LogP contribution in [-0.2, 0) is 41.8 Å². The topological polar surface area (TPSA) is 276 Å². The first-order chi connectivity index (χ1) is 32.6. The van der Waals surface area contributed by atoms with E-state index >= 15 is 0 Å². The number of aliphatic hydroxyl groups excluding tert-OH is 5. The van der Waals surface area contributed by atoms with Crippen molar-refractivity contribution in [2.45, 2.75) is 229 Å². The highest BCUT2D eigenvalue weighted by molar-refractivity contribution is 7.47. The molecule has 0 bridgehead atoms. The molecule has 68 heavy (non-hydrogen) atoms. The molecule has 1 rings (SSSR count). The van der Waals surface area contributed by atoms with Crippen molar-refractivity contribution in [2.24, 2.45) is 0 Å². The van der Waals surface area contributed by atoms with Gasteiger partial charge in [0.25, 0.3) is 0 Å². The van der Waals surface area contributed by atoms with Crippen LogP contribution >= 0.6 is 15.6 Å². The molecular formula is C49H88O17P2. The van der Waals surface area contributed by atoms with Gasteiger partial charge in [0.05, 0.1) is 6.61 Å². The summed E-state index contributed by atoms with van der Waals surface area (Å²) in [4.78, 5) is 54.3. The van der Waals surface area contributed by atoms with Gasteiger partial charge in [0.1, 0.15) is 43.2 Å². The fourth-order valence-corrected chi connectivity index (χ4v) is 9.07. The van der Waals surface area contributed by atoms with E-state index in [-0.39, 0.29) is 19.4 Å². The number of carbonyl (C=O) groups excluding carboxylic acids is 2. The number of phosphoric ester groups is 2. The first-order valence-electron chi connectivity index (χ1n) is 25.3.